The van der Waals surface area contributed by atoms with E-state index in [0.717, 1.165) is 12.8 Å². The number of aliphatic hydroxyl groups excluding tert-OH is 1. The topological polar surface area (TPSA) is 167 Å². The lowest BCUT2D eigenvalue weighted by Gasteiger charge is -2.24. The number of hydrogen-bond donors (Lipinski definition) is 3. The van der Waals surface area contributed by atoms with Gasteiger partial charge in [-0.2, -0.15) is 9.97 Å². The van der Waals surface area contributed by atoms with Gasteiger partial charge in [-0.25, -0.2) is 14.5 Å². The minimum absolute atomic E-state index is 0.0465. The average Bonchev–Trinajstić information content (AvgIpc) is 3.56. The third-order valence-corrected chi connectivity index (χ3v) is 7.13. The lowest BCUT2D eigenvalue weighted by atomic mass is 9.97. The van der Waals surface area contributed by atoms with Gasteiger partial charge in [0, 0.05) is 13.1 Å². The van der Waals surface area contributed by atoms with Crippen molar-refractivity contribution in [2.24, 2.45) is 0 Å². The standard InChI is InChI=1S/C20H27FN7O6P/c1-5-20(21)14(29)12(8-33-35(31)26-10(2)17(30)32-4)34-18(20)28-9-23-13-15(27(3)11-6-7-11)24-19(22)25-16(13)28/h1,9-12,14,18,29,35H,6-8H2,2-4H3,(H,26,31)(H2,22,24,25)/t10-,12+,14+,18+,20+/m0/s1. The van der Waals surface area contributed by atoms with Crippen molar-refractivity contribution in [3.8, 4) is 12.3 Å². The first-order valence-corrected chi connectivity index (χ1v) is 12.2. The smallest absolute Gasteiger partial charge is 0.322 e. The number of carbonyl (C=O) groups is 1. The quantitative estimate of drug-likeness (QED) is 0.237. The Bertz CT molecular complexity index is 1190. The van der Waals surface area contributed by atoms with Gasteiger partial charge in [0.05, 0.1) is 20.0 Å². The number of nitrogens with two attached hydrogens (primary N) is 1. The fourth-order valence-corrected chi connectivity index (χ4v) is 4.76. The molecule has 2 aliphatic rings. The van der Waals surface area contributed by atoms with Crippen molar-refractivity contribution < 1.29 is 32.9 Å². The predicted octanol–water partition coefficient (Wildman–Crippen LogP) is 0.164. The van der Waals surface area contributed by atoms with Crippen LogP contribution in [-0.4, -0.2) is 81.3 Å². The third kappa shape index (κ3) is 4.70. The average molecular weight is 511 g/mol. The van der Waals surface area contributed by atoms with Crippen molar-refractivity contribution in [1.82, 2.24) is 24.6 Å². The highest BCUT2D eigenvalue weighted by Crippen LogP contribution is 2.43. The summed E-state index contributed by atoms with van der Waals surface area (Å²) in [6, 6.07) is -0.599. The lowest BCUT2D eigenvalue weighted by Crippen LogP contribution is -2.42. The Kier molecular flexibility index (Phi) is 6.99. The van der Waals surface area contributed by atoms with Crippen molar-refractivity contribution in [2.45, 2.75) is 56.0 Å². The molecule has 2 fully saturated rings. The number of anilines is 2. The molecule has 2 aromatic rings. The number of ether oxygens (including phenoxy) is 2. The van der Waals surface area contributed by atoms with Crippen LogP contribution in [-0.2, 0) is 23.4 Å². The number of halogens is 1. The Morgan fingerprint density at radius 1 is 1.57 bits per heavy atom. The van der Waals surface area contributed by atoms with Gasteiger partial charge in [-0.1, -0.05) is 5.92 Å². The minimum atomic E-state index is -2.95. The number of nitrogen functional groups attached to an aromatic ring is 1. The fourth-order valence-electron chi connectivity index (χ4n) is 3.89. The van der Waals surface area contributed by atoms with Gasteiger partial charge in [-0.05, 0) is 19.8 Å². The van der Waals surface area contributed by atoms with Crippen LogP contribution in [0.5, 0.6) is 0 Å². The fraction of sp³-hybridized carbons (Fsp3) is 0.600. The number of fused-ring (bicyclic) bond motifs is 1. The molecule has 1 saturated carbocycles. The van der Waals surface area contributed by atoms with Crippen LogP contribution in [0.4, 0.5) is 16.2 Å². The number of methoxy groups -OCH3 is 1. The van der Waals surface area contributed by atoms with E-state index in [0.29, 0.717) is 17.4 Å². The summed E-state index contributed by atoms with van der Waals surface area (Å²) in [6.45, 7) is 0.968. The van der Waals surface area contributed by atoms with Gasteiger partial charge in [-0.15, -0.1) is 6.42 Å². The summed E-state index contributed by atoms with van der Waals surface area (Å²) in [5.74, 6) is 1.77. The number of aromatic nitrogens is 4. The number of rotatable bonds is 9. The van der Waals surface area contributed by atoms with Gasteiger partial charge >= 0.3 is 5.97 Å². The number of terminal acetylenes is 1. The van der Waals surface area contributed by atoms with Crippen LogP contribution in [0.1, 0.15) is 26.0 Å². The van der Waals surface area contributed by atoms with E-state index >= 15 is 4.39 Å². The summed E-state index contributed by atoms with van der Waals surface area (Å²) in [6.07, 6.45) is 4.12. The Labute approximate surface area is 201 Å². The number of nitrogens with one attached hydrogen (secondary N) is 1. The molecule has 4 rings (SSSR count). The molecule has 1 unspecified atom stereocenters. The maximum atomic E-state index is 15.9. The molecule has 35 heavy (non-hydrogen) atoms. The van der Waals surface area contributed by atoms with E-state index in [9.17, 15) is 14.5 Å². The number of esters is 1. The Balaban J connectivity index is 1.57. The number of hydrogen-bond acceptors (Lipinski definition) is 11. The molecule has 15 heteroatoms. The predicted molar refractivity (Wildman–Crippen MR) is 123 cm³/mol. The van der Waals surface area contributed by atoms with Crippen molar-refractivity contribution in [1.29, 1.82) is 0 Å². The molecular weight excluding hydrogens is 484 g/mol. The monoisotopic (exact) mass is 511 g/mol. The zero-order valence-corrected chi connectivity index (χ0v) is 20.3. The van der Waals surface area contributed by atoms with Crippen LogP contribution in [0.25, 0.3) is 11.2 Å². The van der Waals surface area contributed by atoms with Gasteiger partial charge in [0.1, 0.15) is 18.2 Å². The first kappa shape index (κ1) is 25.3. The minimum Gasteiger partial charge on any atom is -0.468 e. The molecule has 13 nitrogen and oxygen atoms in total. The Hall–Kier alpha value is -2.82. The molecule has 4 N–H and O–H groups in total. The number of nitrogens with zero attached hydrogens (tertiary/aromatic N) is 5. The van der Waals surface area contributed by atoms with Gasteiger partial charge in [0.2, 0.25) is 11.6 Å². The molecule has 0 radical (unpaired) electrons. The summed E-state index contributed by atoms with van der Waals surface area (Å²) in [5.41, 5.74) is 3.77. The molecule has 0 amide bonds. The summed E-state index contributed by atoms with van der Waals surface area (Å²) in [7, 11) is 0.0959. The summed E-state index contributed by atoms with van der Waals surface area (Å²) in [4.78, 5) is 26.2. The van der Waals surface area contributed by atoms with Gasteiger partial charge in [0.15, 0.2) is 23.2 Å². The van der Waals surface area contributed by atoms with E-state index in [1.54, 1.807) is 0 Å². The Morgan fingerprint density at radius 2 is 2.29 bits per heavy atom. The van der Waals surface area contributed by atoms with Crippen molar-refractivity contribution in [3.63, 3.8) is 0 Å². The number of aliphatic hydroxyl groups is 1. The van der Waals surface area contributed by atoms with Crippen molar-refractivity contribution in [3.05, 3.63) is 6.33 Å². The second kappa shape index (κ2) is 9.67. The molecule has 3 heterocycles. The van der Waals surface area contributed by atoms with Crippen LogP contribution in [0.15, 0.2) is 6.33 Å². The number of imidazole rings is 1. The largest absolute Gasteiger partial charge is 0.468 e. The maximum Gasteiger partial charge on any atom is 0.322 e. The van der Waals surface area contributed by atoms with E-state index in [-0.39, 0.29) is 11.6 Å². The second-order valence-corrected chi connectivity index (χ2v) is 9.60. The zero-order valence-electron chi connectivity index (χ0n) is 19.3. The van der Waals surface area contributed by atoms with Crippen LogP contribution < -0.4 is 15.7 Å². The van der Waals surface area contributed by atoms with Crippen LogP contribution in [0.2, 0.25) is 0 Å². The third-order valence-electron chi connectivity index (χ3n) is 6.04. The van der Waals surface area contributed by atoms with E-state index < -0.39 is 50.9 Å². The molecule has 2 aromatic heterocycles. The first-order valence-electron chi connectivity index (χ1n) is 10.8. The highest BCUT2D eigenvalue weighted by molar-refractivity contribution is 7.36. The highest BCUT2D eigenvalue weighted by atomic mass is 31.1. The zero-order chi connectivity index (χ0) is 25.5. The lowest BCUT2D eigenvalue weighted by molar-refractivity contribution is -0.142. The summed E-state index contributed by atoms with van der Waals surface area (Å²) < 4.78 is 44.8. The van der Waals surface area contributed by atoms with Crippen LogP contribution in [0, 0.1) is 12.3 Å². The van der Waals surface area contributed by atoms with Gasteiger partial charge < -0.3 is 29.7 Å². The summed E-state index contributed by atoms with van der Waals surface area (Å²) >= 11 is 0. The number of carbonyl (C=O) groups excluding carboxylic acids is 1. The molecule has 0 bridgehead atoms. The van der Waals surface area contributed by atoms with Crippen LogP contribution >= 0.6 is 8.18 Å². The van der Waals surface area contributed by atoms with E-state index in [1.807, 2.05) is 17.9 Å². The summed E-state index contributed by atoms with van der Waals surface area (Å²) in [5, 5.41) is 13.1. The second-order valence-electron chi connectivity index (χ2n) is 8.44. The maximum absolute atomic E-state index is 15.9. The molecule has 1 saturated heterocycles. The van der Waals surface area contributed by atoms with E-state index in [1.165, 1.54) is 24.9 Å². The number of alkyl halides is 1. The molecule has 1 aliphatic carbocycles. The SMILES string of the molecule is C#C[C@@]1(F)[C@H](O)[C@@H](CO[PH](=O)N[C@@H](C)C(=O)OC)O[C@H]1n1cnc2c(N(C)C3CC3)nc(N)nc21. The Morgan fingerprint density at radius 3 is 2.91 bits per heavy atom. The van der Waals surface area contributed by atoms with Crippen LogP contribution in [0.3, 0.4) is 0 Å². The molecular formula is C20H27FN7O6P. The normalized spacial score (nSPS) is 27.9. The first-order chi connectivity index (χ1) is 16.6. The van der Waals surface area contributed by atoms with E-state index in [2.05, 4.69) is 24.8 Å². The van der Waals surface area contributed by atoms with Gasteiger partial charge in [-0.3, -0.25) is 13.9 Å². The van der Waals surface area contributed by atoms with E-state index in [4.69, 9.17) is 21.4 Å². The molecule has 6 atom stereocenters. The van der Waals surface area contributed by atoms with Gasteiger partial charge in [0.25, 0.3) is 8.18 Å². The van der Waals surface area contributed by atoms with Crippen molar-refractivity contribution >= 4 is 37.1 Å². The molecule has 1 aliphatic heterocycles. The van der Waals surface area contributed by atoms with Crippen molar-refractivity contribution in [2.75, 3.05) is 31.4 Å². The highest BCUT2D eigenvalue weighted by Gasteiger charge is 2.58. The molecule has 190 valence electrons. The molecule has 0 aromatic carbocycles. The molecule has 0 spiro atoms.